The fourth-order valence-electron chi connectivity index (χ4n) is 11.7. The maximum Gasteiger partial charge on any atom is 0.272 e. The van der Waals surface area contributed by atoms with Gasteiger partial charge in [0.05, 0.1) is 88.9 Å². The normalized spacial score (nSPS) is 11.2. The maximum absolute atomic E-state index is 14.6. The van der Waals surface area contributed by atoms with Gasteiger partial charge in [-0.05, 0) is 156 Å². The number of rotatable bonds is 19. The maximum atomic E-state index is 14.6. The number of pyridine rings is 4. The summed E-state index contributed by atoms with van der Waals surface area (Å²) in [6.45, 7) is 0. The van der Waals surface area contributed by atoms with E-state index in [2.05, 4.69) is 82.0 Å². The van der Waals surface area contributed by atoms with E-state index in [1.807, 2.05) is 0 Å². The minimum atomic E-state index is -0.725. The molecule has 8 aromatic heterocycles. The van der Waals surface area contributed by atoms with Crippen molar-refractivity contribution < 1.29 is 68.5 Å². The van der Waals surface area contributed by atoms with E-state index < -0.39 is 58.0 Å². The van der Waals surface area contributed by atoms with Crippen LogP contribution in [-0.4, -0.2) is 106 Å². The van der Waals surface area contributed by atoms with Crippen molar-refractivity contribution in [3.8, 4) is 17.6 Å². The van der Waals surface area contributed by atoms with Gasteiger partial charge < -0.3 is 45.4 Å². The summed E-state index contributed by atoms with van der Waals surface area (Å²) in [6.07, 6.45) is 16.7. The highest BCUT2D eigenvalue weighted by molar-refractivity contribution is 6.09. The number of methoxy groups -OCH3 is 3. The number of ether oxygens (including phenoxy) is 3. The van der Waals surface area contributed by atoms with Gasteiger partial charge in [-0.2, -0.15) is 25.4 Å². The molecule has 0 fully saturated rings. The van der Waals surface area contributed by atoms with Gasteiger partial charge in [0.2, 0.25) is 23.2 Å². The molecule has 0 radical (unpaired) electrons. The molecule has 0 aliphatic rings. The number of fused-ring (bicyclic) bond motifs is 4. The molecule has 10 N–H and O–H groups in total. The van der Waals surface area contributed by atoms with Crippen molar-refractivity contribution in [1.29, 1.82) is 0 Å². The molecule has 4 amide bonds. The van der Waals surface area contributed by atoms with Crippen LogP contribution in [0.5, 0.6) is 17.6 Å². The van der Waals surface area contributed by atoms with Crippen molar-refractivity contribution in [1.82, 2.24) is 60.7 Å². The molecule has 0 spiro atoms. The largest absolute Gasteiger partial charge is 0.481 e. The topological polar surface area (TPSA) is 350 Å². The van der Waals surface area contributed by atoms with E-state index in [1.54, 1.807) is 103 Å². The summed E-state index contributed by atoms with van der Waals surface area (Å²) in [5.74, 6) is -5.93. The molecule has 0 unspecified atom stereocenters. The van der Waals surface area contributed by atoms with Crippen molar-refractivity contribution >= 4 is 139 Å². The molecule has 0 aliphatic carbocycles. The average molecular weight is 1630 g/mol. The minimum absolute atomic E-state index is 0.00348. The molecule has 120 heavy (non-hydrogen) atoms. The van der Waals surface area contributed by atoms with Gasteiger partial charge in [-0.1, -0.05) is 78.9 Å². The monoisotopic (exact) mass is 1630 g/mol. The number of nitrogens with one attached hydrogen (secondary N) is 10. The Hall–Kier alpha value is -16.5. The number of carbonyl (C=O) groups is 4. The van der Waals surface area contributed by atoms with Crippen LogP contribution in [-0.2, 0) is 0 Å². The van der Waals surface area contributed by atoms with E-state index >= 15 is 0 Å². The van der Waals surface area contributed by atoms with Crippen molar-refractivity contribution in [2.75, 3.05) is 42.6 Å². The second kappa shape index (κ2) is 37.2. The molecule has 25 nitrogen and oxygen atoms in total. The Bertz CT molecular complexity index is 6760. The lowest BCUT2D eigenvalue weighted by atomic mass is 10.1. The number of benzene rings is 8. The van der Waals surface area contributed by atoms with Gasteiger partial charge in [-0.3, -0.25) is 49.2 Å². The molecule has 16 aromatic rings. The number of H-pyrrole nitrogens is 6. The Labute approximate surface area is 672 Å². The summed E-state index contributed by atoms with van der Waals surface area (Å²) in [5.41, 5.74) is 6.05. The lowest BCUT2D eigenvalue weighted by molar-refractivity contribution is 0.101. The lowest BCUT2D eigenvalue weighted by Crippen LogP contribution is -2.22. The zero-order valence-electron chi connectivity index (χ0n) is 62.7. The molecule has 8 aromatic carbocycles. The third kappa shape index (κ3) is 20.0. The number of hydrogen-bond acceptors (Lipinski definition) is 15. The van der Waals surface area contributed by atoms with Gasteiger partial charge >= 0.3 is 0 Å². The van der Waals surface area contributed by atoms with Crippen molar-refractivity contribution in [3.63, 3.8) is 0 Å². The van der Waals surface area contributed by atoms with Crippen LogP contribution >= 0.6 is 0 Å². The molecule has 0 atom stereocenters. The number of anilines is 4. The zero-order valence-corrected chi connectivity index (χ0v) is 62.7. The number of hydrogen-bond donors (Lipinski definition) is 10. The van der Waals surface area contributed by atoms with Crippen LogP contribution in [0.15, 0.2) is 222 Å². The first-order chi connectivity index (χ1) is 58.0. The Morgan fingerprint density at radius 3 is 1.06 bits per heavy atom. The van der Waals surface area contributed by atoms with Crippen molar-refractivity contribution in [2.24, 2.45) is 0 Å². The third-order valence-electron chi connectivity index (χ3n) is 17.7. The molecule has 0 saturated carbocycles. The summed E-state index contributed by atoms with van der Waals surface area (Å²) in [7, 11) is 4.21. The highest BCUT2D eigenvalue weighted by Gasteiger charge is 2.22. The van der Waals surface area contributed by atoms with Crippen LogP contribution in [0.25, 0.3) is 92.2 Å². The number of halogens is 8. The lowest BCUT2D eigenvalue weighted by Gasteiger charge is -2.10. The Morgan fingerprint density at radius 2 is 0.708 bits per heavy atom. The molecular formula is C87H62F8N16O9. The number of amides is 4. The SMILES string of the molecule is COc1ccc(C(=O)Nc2cc3c(/C=C/c4ccc(F)cc4)n[nH]c3cc2F)c(OC)n1.COc1ncccc1C(=O)Nc1cc2c(/C=C/c3ccc(F)cc3)n[nH]c2cc1F.O=C(Nc1cc2c(/C=C/c3ccc(F)cc3)n[nH]c2cc1F)c1ccc[nH]c1=O.O=C(Nc1cc2c(/C=C/c3ccc(F)cc3)n[nH]c2cc1F)c1cccc(=O)[nH]1. The first kappa shape index (κ1) is 81.5. The van der Waals surface area contributed by atoms with Crippen LogP contribution in [0.2, 0.25) is 0 Å². The van der Waals surface area contributed by atoms with E-state index in [0.717, 1.165) is 22.3 Å². The standard InChI is InChI=1S/C23H18F2N4O3.C22H16F2N4O2.2C21H14F2N4O2/c1-31-21-10-8-15(23(27-21)32-2)22(30)26-20-11-16-18(28-29-19(16)12-17(20)25)9-5-13-3-6-14(24)7-4-13;1-30-22-15(3-2-10-25-22)21(29)26-20-11-16-18(27-28-19(16)12-17(20)24)9-6-13-4-7-14(23)8-5-13;22-13-6-3-12(4-7-13)5-8-17-15-10-19(16(23)11-18(15)27-26-17)25-21(29)14-2-1-9-24-20(14)28;22-13-7-4-12(5-8-13)6-9-16-14-10-19(15(23)11-18(14)27-26-16)25-21(29)17-2-1-3-20(28)24-17/h3-12H,1-2H3,(H,26,30)(H,28,29);2-12H,1H3,(H,26,29)(H,27,28);2*1-11H,(H,24,28)(H,25,29)(H,26,27)/b9-5+;9-6+;8-5+;9-6+. The molecule has 33 heteroatoms. The molecular weight excluding hydrogens is 1570 g/mol. The number of nitrogens with zero attached hydrogens (tertiary/aromatic N) is 6. The number of aromatic nitrogens is 12. The van der Waals surface area contributed by atoms with Gasteiger partial charge in [0.1, 0.15) is 68.9 Å². The van der Waals surface area contributed by atoms with Crippen molar-refractivity contribution in [3.05, 3.63) is 347 Å². The molecule has 16 rings (SSSR count). The highest BCUT2D eigenvalue weighted by atomic mass is 19.2. The van der Waals surface area contributed by atoms with Crippen molar-refractivity contribution in [2.45, 2.75) is 0 Å². The Balaban J connectivity index is 0.000000138. The Morgan fingerprint density at radius 1 is 0.358 bits per heavy atom. The van der Waals surface area contributed by atoms with Crippen LogP contribution in [0.1, 0.15) is 86.6 Å². The van der Waals surface area contributed by atoms with Crippen LogP contribution in [0.4, 0.5) is 57.9 Å². The van der Waals surface area contributed by atoms with Gasteiger partial charge in [0.25, 0.3) is 29.2 Å². The Kier molecular flexibility index (Phi) is 25.3. The predicted octanol–water partition coefficient (Wildman–Crippen LogP) is 17.2. The predicted molar refractivity (Wildman–Crippen MR) is 440 cm³/mol. The van der Waals surface area contributed by atoms with Gasteiger partial charge in [0, 0.05) is 70.3 Å². The van der Waals surface area contributed by atoms with Gasteiger partial charge in [-0.15, -0.1) is 0 Å². The molecule has 8 heterocycles. The van der Waals surface area contributed by atoms with Gasteiger partial charge in [0.15, 0.2) is 0 Å². The fourth-order valence-corrected chi connectivity index (χ4v) is 11.7. The smallest absolute Gasteiger partial charge is 0.272 e. The highest BCUT2D eigenvalue weighted by Crippen LogP contribution is 2.32. The number of carbonyl (C=O) groups excluding carboxylic acids is 4. The minimum Gasteiger partial charge on any atom is -0.481 e. The van der Waals surface area contributed by atoms with E-state index in [1.165, 1.54) is 179 Å². The number of aromatic amines is 6. The first-order valence-electron chi connectivity index (χ1n) is 35.7. The average Bonchev–Trinajstić information content (AvgIpc) is 1.63. The molecule has 0 aliphatic heterocycles. The summed E-state index contributed by atoms with van der Waals surface area (Å²) in [6, 6.07) is 47.7. The first-order valence-corrected chi connectivity index (χ1v) is 35.7. The van der Waals surface area contributed by atoms with Crippen LogP contribution in [0, 0.1) is 46.5 Å². The third-order valence-corrected chi connectivity index (χ3v) is 17.7. The summed E-state index contributed by atoms with van der Waals surface area (Å²) in [4.78, 5) is 85.8. The van der Waals surface area contributed by atoms with E-state index in [9.17, 15) is 63.9 Å². The molecule has 0 saturated heterocycles. The second-order valence-electron chi connectivity index (χ2n) is 25.6. The van der Waals surface area contributed by atoms with Crippen LogP contribution < -0.4 is 46.6 Å². The summed E-state index contributed by atoms with van der Waals surface area (Å²) >= 11 is 0. The van der Waals surface area contributed by atoms with E-state index in [-0.39, 0.29) is 86.0 Å². The second-order valence-corrected chi connectivity index (χ2v) is 25.6. The fraction of sp³-hybridized carbons (Fsp3) is 0.0345. The summed E-state index contributed by atoms with van der Waals surface area (Å²) in [5, 5.41) is 40.0. The molecule has 600 valence electrons. The zero-order chi connectivity index (χ0) is 84.5. The van der Waals surface area contributed by atoms with Crippen LogP contribution in [0.3, 0.4) is 0 Å². The van der Waals surface area contributed by atoms with E-state index in [4.69, 9.17) is 14.2 Å². The van der Waals surface area contributed by atoms with E-state index in [0.29, 0.717) is 66.4 Å². The molecule has 0 bridgehead atoms. The van der Waals surface area contributed by atoms with Gasteiger partial charge in [-0.25, -0.2) is 40.1 Å². The summed E-state index contributed by atoms with van der Waals surface area (Å²) < 4.78 is 125. The quantitative estimate of drug-likeness (QED) is 0.0336.